The van der Waals surface area contributed by atoms with E-state index in [0.29, 0.717) is 13.2 Å². The molecule has 2 heterocycles. The van der Waals surface area contributed by atoms with Crippen LogP contribution in [0.4, 0.5) is 0 Å². The first-order chi connectivity index (χ1) is 8.54. The van der Waals surface area contributed by atoms with E-state index in [1.54, 1.807) is 18.0 Å². The lowest BCUT2D eigenvalue weighted by Gasteiger charge is -2.21. The Bertz CT molecular complexity index is 388. The van der Waals surface area contributed by atoms with Gasteiger partial charge in [-0.3, -0.25) is 9.59 Å². The molecule has 5 heteroatoms. The first-order valence-corrected chi connectivity index (χ1v) is 6.33. The van der Waals surface area contributed by atoms with Crippen molar-refractivity contribution in [2.24, 2.45) is 5.92 Å². The van der Waals surface area contributed by atoms with Crippen molar-refractivity contribution in [1.82, 2.24) is 10.2 Å². The molecule has 2 amide bonds. The number of amides is 2. The fraction of sp³-hybridized carbons (Fsp3) is 0.692. The number of nitrogens with one attached hydrogen (secondary N) is 1. The van der Waals surface area contributed by atoms with E-state index < -0.39 is 0 Å². The highest BCUT2D eigenvalue weighted by molar-refractivity contribution is 5.90. The third-order valence-electron chi connectivity index (χ3n) is 3.57. The van der Waals surface area contributed by atoms with Crippen LogP contribution in [-0.2, 0) is 14.3 Å². The minimum absolute atomic E-state index is 0.0121. The van der Waals surface area contributed by atoms with Gasteiger partial charge in [0.25, 0.3) is 0 Å². The second-order valence-corrected chi connectivity index (χ2v) is 5.12. The smallest absolute Gasteiger partial charge is 0.246 e. The Morgan fingerprint density at radius 1 is 1.39 bits per heavy atom. The summed E-state index contributed by atoms with van der Waals surface area (Å²) in [6.45, 7) is 4.87. The molecule has 2 rings (SSSR count). The standard InChI is InChI=1S/C13H20N2O3/c1-8(2)6-11(16)15-7-9(13(17)14-3)12-10(15)4-5-18-12/h6,9-10,12H,4-5,7H2,1-3H3,(H,14,17)/t9-,10+,12+/m0/s1. The molecule has 5 nitrogen and oxygen atoms in total. The van der Waals surface area contributed by atoms with Crippen molar-refractivity contribution in [3.63, 3.8) is 0 Å². The van der Waals surface area contributed by atoms with E-state index in [1.807, 2.05) is 13.8 Å². The number of ether oxygens (including phenoxy) is 1. The number of carbonyl (C=O) groups excluding carboxylic acids is 2. The maximum atomic E-state index is 12.1. The van der Waals surface area contributed by atoms with E-state index in [9.17, 15) is 9.59 Å². The molecule has 0 saturated carbocycles. The molecule has 0 spiro atoms. The highest BCUT2D eigenvalue weighted by Crippen LogP contribution is 2.33. The zero-order chi connectivity index (χ0) is 13.3. The summed E-state index contributed by atoms with van der Waals surface area (Å²) in [5.41, 5.74) is 0.971. The molecule has 18 heavy (non-hydrogen) atoms. The monoisotopic (exact) mass is 252 g/mol. The van der Waals surface area contributed by atoms with Crippen molar-refractivity contribution in [2.45, 2.75) is 32.4 Å². The Morgan fingerprint density at radius 2 is 2.11 bits per heavy atom. The summed E-state index contributed by atoms with van der Waals surface area (Å²) in [6, 6.07) is 0.0513. The van der Waals surface area contributed by atoms with Crippen LogP contribution in [0.3, 0.4) is 0 Å². The normalized spacial score (nSPS) is 29.9. The number of likely N-dealkylation sites (tertiary alicyclic amines) is 1. The first kappa shape index (κ1) is 13.1. The van der Waals surface area contributed by atoms with Crippen molar-refractivity contribution in [2.75, 3.05) is 20.2 Å². The molecule has 2 aliphatic heterocycles. The molecule has 0 aromatic carbocycles. The quantitative estimate of drug-likeness (QED) is 0.720. The molecule has 0 radical (unpaired) electrons. The number of allylic oxidation sites excluding steroid dienone is 1. The van der Waals surface area contributed by atoms with E-state index in [1.165, 1.54) is 0 Å². The minimum atomic E-state index is -0.239. The Balaban J connectivity index is 2.16. The molecule has 2 aliphatic rings. The lowest BCUT2D eigenvalue weighted by atomic mass is 10.0. The Kier molecular flexibility index (Phi) is 3.71. The molecule has 0 aromatic rings. The fourth-order valence-corrected chi connectivity index (χ4v) is 2.77. The van der Waals surface area contributed by atoms with Gasteiger partial charge in [-0.25, -0.2) is 0 Å². The van der Waals surface area contributed by atoms with Crippen LogP contribution in [0.15, 0.2) is 11.6 Å². The largest absolute Gasteiger partial charge is 0.375 e. The Hall–Kier alpha value is -1.36. The molecule has 0 aromatic heterocycles. The van der Waals surface area contributed by atoms with E-state index >= 15 is 0 Å². The van der Waals surface area contributed by atoms with Crippen LogP contribution in [0.2, 0.25) is 0 Å². The summed E-state index contributed by atoms with van der Waals surface area (Å²) in [7, 11) is 1.62. The zero-order valence-electron chi connectivity index (χ0n) is 11.1. The van der Waals surface area contributed by atoms with Gasteiger partial charge in [-0.15, -0.1) is 0 Å². The zero-order valence-corrected chi connectivity index (χ0v) is 11.1. The summed E-state index contributed by atoms with van der Waals surface area (Å²) < 4.78 is 5.62. The molecule has 3 atom stereocenters. The average molecular weight is 252 g/mol. The van der Waals surface area contributed by atoms with Crippen LogP contribution in [0.25, 0.3) is 0 Å². The Morgan fingerprint density at radius 3 is 2.72 bits per heavy atom. The van der Waals surface area contributed by atoms with Gasteiger partial charge in [0, 0.05) is 26.3 Å². The second kappa shape index (κ2) is 5.10. The van der Waals surface area contributed by atoms with Crippen molar-refractivity contribution in [3.8, 4) is 0 Å². The summed E-state index contributed by atoms with van der Waals surface area (Å²) in [5, 5.41) is 2.65. The van der Waals surface area contributed by atoms with Gasteiger partial charge in [0.15, 0.2) is 0 Å². The maximum Gasteiger partial charge on any atom is 0.246 e. The van der Waals surface area contributed by atoms with Crippen LogP contribution >= 0.6 is 0 Å². The summed E-state index contributed by atoms with van der Waals surface area (Å²) in [5.74, 6) is -0.293. The predicted molar refractivity (Wildman–Crippen MR) is 66.8 cm³/mol. The fourth-order valence-electron chi connectivity index (χ4n) is 2.77. The third-order valence-corrected chi connectivity index (χ3v) is 3.57. The topological polar surface area (TPSA) is 58.6 Å². The summed E-state index contributed by atoms with van der Waals surface area (Å²) in [4.78, 5) is 25.7. The van der Waals surface area contributed by atoms with E-state index in [4.69, 9.17) is 4.74 Å². The van der Waals surface area contributed by atoms with Crippen LogP contribution in [0.5, 0.6) is 0 Å². The number of rotatable bonds is 2. The van der Waals surface area contributed by atoms with Crippen LogP contribution < -0.4 is 5.32 Å². The number of nitrogens with zero attached hydrogens (tertiary/aromatic N) is 1. The second-order valence-electron chi connectivity index (χ2n) is 5.12. The van der Waals surface area contributed by atoms with Gasteiger partial charge in [0.2, 0.25) is 11.8 Å². The molecule has 0 aliphatic carbocycles. The van der Waals surface area contributed by atoms with Crippen molar-refractivity contribution in [1.29, 1.82) is 0 Å². The molecular formula is C13H20N2O3. The van der Waals surface area contributed by atoms with Gasteiger partial charge >= 0.3 is 0 Å². The number of hydrogen-bond acceptors (Lipinski definition) is 3. The molecule has 1 N–H and O–H groups in total. The Labute approximate surface area is 107 Å². The maximum absolute atomic E-state index is 12.1. The number of carbonyl (C=O) groups is 2. The molecule has 2 saturated heterocycles. The van der Waals surface area contributed by atoms with Gasteiger partial charge in [-0.2, -0.15) is 0 Å². The lowest BCUT2D eigenvalue weighted by molar-refractivity contribution is -0.127. The summed E-state index contributed by atoms with van der Waals surface area (Å²) in [6.07, 6.45) is 2.31. The molecule has 2 fully saturated rings. The number of hydrogen-bond donors (Lipinski definition) is 1. The van der Waals surface area contributed by atoms with Crippen LogP contribution in [0.1, 0.15) is 20.3 Å². The predicted octanol–water partition coefficient (Wildman–Crippen LogP) is 0.315. The number of fused-ring (bicyclic) bond motifs is 1. The van der Waals surface area contributed by atoms with Crippen molar-refractivity contribution >= 4 is 11.8 Å². The van der Waals surface area contributed by atoms with Gasteiger partial charge in [-0.05, 0) is 20.3 Å². The van der Waals surface area contributed by atoms with Gasteiger partial charge < -0.3 is 15.0 Å². The van der Waals surface area contributed by atoms with E-state index in [0.717, 1.165) is 12.0 Å². The molecular weight excluding hydrogens is 232 g/mol. The SMILES string of the molecule is CNC(=O)[C@H]1CN(C(=O)C=C(C)C)[C@@H]2CCO[C@H]12. The van der Waals surface area contributed by atoms with Gasteiger partial charge in [0.05, 0.1) is 18.1 Å². The van der Waals surface area contributed by atoms with Gasteiger partial charge in [-0.1, -0.05) is 5.57 Å². The molecule has 0 unspecified atom stereocenters. The van der Waals surface area contributed by atoms with E-state index in [-0.39, 0.29) is 29.9 Å². The van der Waals surface area contributed by atoms with Crippen molar-refractivity contribution < 1.29 is 14.3 Å². The highest BCUT2D eigenvalue weighted by atomic mass is 16.5. The minimum Gasteiger partial charge on any atom is -0.375 e. The summed E-state index contributed by atoms with van der Waals surface area (Å²) >= 11 is 0. The van der Waals surface area contributed by atoms with Crippen LogP contribution in [0, 0.1) is 5.92 Å². The first-order valence-electron chi connectivity index (χ1n) is 6.33. The molecule has 100 valence electrons. The molecule has 0 bridgehead atoms. The average Bonchev–Trinajstić information content (AvgIpc) is 2.87. The van der Waals surface area contributed by atoms with Gasteiger partial charge in [0.1, 0.15) is 0 Å². The third kappa shape index (κ3) is 2.27. The van der Waals surface area contributed by atoms with Crippen LogP contribution in [-0.4, -0.2) is 49.1 Å². The van der Waals surface area contributed by atoms with Crippen molar-refractivity contribution in [3.05, 3.63) is 11.6 Å². The van der Waals surface area contributed by atoms with E-state index in [2.05, 4.69) is 5.32 Å². The highest BCUT2D eigenvalue weighted by Gasteiger charge is 2.49. The lowest BCUT2D eigenvalue weighted by Crippen LogP contribution is -2.36.